The van der Waals surface area contributed by atoms with Crippen LogP contribution in [0.2, 0.25) is 5.02 Å². The van der Waals surface area contributed by atoms with Crippen LogP contribution in [0.5, 0.6) is 0 Å². The molecule has 1 spiro atoms. The van der Waals surface area contributed by atoms with E-state index >= 15 is 0 Å². The third-order valence-corrected chi connectivity index (χ3v) is 6.78. The van der Waals surface area contributed by atoms with E-state index in [1.165, 1.54) is 12.8 Å². The van der Waals surface area contributed by atoms with E-state index in [0.29, 0.717) is 42.9 Å². The molecule has 0 bridgehead atoms. The molecule has 1 aromatic rings. The Bertz CT molecular complexity index is 694. The number of carbonyl (C=O) groups excluding carboxylic acids is 2. The Balaban J connectivity index is 1.52. The second-order valence-corrected chi connectivity index (χ2v) is 8.65. The smallest absolute Gasteiger partial charge is 0.253 e. The van der Waals surface area contributed by atoms with E-state index in [9.17, 15) is 9.59 Å². The van der Waals surface area contributed by atoms with Crippen molar-refractivity contribution in [2.45, 2.75) is 44.6 Å². The van der Waals surface area contributed by atoms with E-state index in [2.05, 4.69) is 5.32 Å². The van der Waals surface area contributed by atoms with Gasteiger partial charge in [-0.1, -0.05) is 24.4 Å². The van der Waals surface area contributed by atoms with Crippen LogP contribution in [-0.2, 0) is 9.53 Å². The lowest BCUT2D eigenvalue weighted by atomic mass is 9.71. The lowest BCUT2D eigenvalue weighted by Crippen LogP contribution is -2.46. The van der Waals surface area contributed by atoms with Gasteiger partial charge in [-0.05, 0) is 49.9 Å². The first-order valence-electron chi connectivity index (χ1n) is 10.0. The van der Waals surface area contributed by atoms with E-state index in [0.717, 1.165) is 25.7 Å². The lowest BCUT2D eigenvalue weighted by molar-refractivity contribution is -0.130. The Hall–Kier alpha value is -1.59. The Morgan fingerprint density at radius 1 is 1.11 bits per heavy atom. The van der Waals surface area contributed by atoms with E-state index in [4.69, 9.17) is 16.3 Å². The summed E-state index contributed by atoms with van der Waals surface area (Å²) in [4.78, 5) is 28.0. The number of amides is 2. The quantitative estimate of drug-likeness (QED) is 0.861. The number of benzene rings is 1. The summed E-state index contributed by atoms with van der Waals surface area (Å²) in [5.41, 5.74) is 0.460. The highest BCUT2D eigenvalue weighted by Gasteiger charge is 2.52. The Labute approximate surface area is 165 Å². The molecule has 5 nitrogen and oxygen atoms in total. The Morgan fingerprint density at radius 3 is 2.44 bits per heavy atom. The molecule has 2 saturated heterocycles. The molecule has 6 heteroatoms. The molecule has 2 aliphatic heterocycles. The van der Waals surface area contributed by atoms with Crippen molar-refractivity contribution in [2.24, 2.45) is 11.3 Å². The normalized spacial score (nSPS) is 25.1. The van der Waals surface area contributed by atoms with Gasteiger partial charge >= 0.3 is 0 Å². The number of nitrogens with zero attached hydrogens (tertiary/aromatic N) is 1. The Morgan fingerprint density at radius 2 is 1.78 bits per heavy atom. The second-order valence-electron chi connectivity index (χ2n) is 8.21. The van der Waals surface area contributed by atoms with Crippen LogP contribution in [0.25, 0.3) is 0 Å². The predicted octanol–water partition coefficient (Wildman–Crippen LogP) is 3.27. The zero-order valence-electron chi connectivity index (χ0n) is 15.6. The molecule has 1 atom stereocenters. The van der Waals surface area contributed by atoms with Crippen molar-refractivity contribution in [3.05, 3.63) is 34.9 Å². The maximum absolute atomic E-state index is 13.1. The van der Waals surface area contributed by atoms with Gasteiger partial charge in [-0.25, -0.2) is 0 Å². The minimum absolute atomic E-state index is 0.0197. The van der Waals surface area contributed by atoms with Gasteiger partial charge in [-0.15, -0.1) is 0 Å². The van der Waals surface area contributed by atoms with Crippen LogP contribution < -0.4 is 5.32 Å². The molecule has 3 aliphatic rings. The predicted molar refractivity (Wildman–Crippen MR) is 104 cm³/mol. The van der Waals surface area contributed by atoms with Crippen molar-refractivity contribution < 1.29 is 14.3 Å². The Kier molecular flexibility index (Phi) is 5.42. The summed E-state index contributed by atoms with van der Waals surface area (Å²) in [6.45, 7) is 2.44. The fourth-order valence-electron chi connectivity index (χ4n) is 4.92. The molecule has 146 valence electrons. The van der Waals surface area contributed by atoms with Gasteiger partial charge in [0.25, 0.3) is 5.91 Å². The maximum atomic E-state index is 13.1. The SMILES string of the molecule is O=C(NC1CCCC1)C1CN(C(=O)c2ccc(Cl)cc2)CC12CCOCC2. The molecule has 1 aliphatic carbocycles. The molecule has 1 unspecified atom stereocenters. The van der Waals surface area contributed by atoms with Gasteiger partial charge in [0.2, 0.25) is 5.91 Å². The molecule has 27 heavy (non-hydrogen) atoms. The first-order valence-corrected chi connectivity index (χ1v) is 10.4. The van der Waals surface area contributed by atoms with Crippen molar-refractivity contribution in [1.82, 2.24) is 10.2 Å². The van der Waals surface area contributed by atoms with Gasteiger partial charge < -0.3 is 15.0 Å². The summed E-state index contributed by atoms with van der Waals surface area (Å²) < 4.78 is 5.56. The van der Waals surface area contributed by atoms with Crippen molar-refractivity contribution in [3.8, 4) is 0 Å². The number of likely N-dealkylation sites (tertiary alicyclic amines) is 1. The number of hydrogen-bond donors (Lipinski definition) is 1. The molecule has 1 N–H and O–H groups in total. The summed E-state index contributed by atoms with van der Waals surface area (Å²) in [7, 11) is 0. The van der Waals surface area contributed by atoms with Gasteiger partial charge in [-0.3, -0.25) is 9.59 Å². The largest absolute Gasteiger partial charge is 0.381 e. The number of halogens is 1. The number of hydrogen-bond acceptors (Lipinski definition) is 3. The minimum Gasteiger partial charge on any atom is -0.381 e. The number of carbonyl (C=O) groups is 2. The van der Waals surface area contributed by atoms with E-state index < -0.39 is 0 Å². The van der Waals surface area contributed by atoms with Crippen LogP contribution in [0.3, 0.4) is 0 Å². The summed E-state index contributed by atoms with van der Waals surface area (Å²) in [6.07, 6.45) is 6.19. The topological polar surface area (TPSA) is 58.6 Å². The average molecular weight is 391 g/mol. The zero-order chi connectivity index (χ0) is 18.9. The van der Waals surface area contributed by atoms with Crippen LogP contribution in [0.15, 0.2) is 24.3 Å². The van der Waals surface area contributed by atoms with Crippen LogP contribution in [-0.4, -0.2) is 49.1 Å². The summed E-state index contributed by atoms with van der Waals surface area (Å²) in [5, 5.41) is 3.88. The lowest BCUT2D eigenvalue weighted by Gasteiger charge is -2.37. The third-order valence-electron chi connectivity index (χ3n) is 6.53. The average Bonchev–Trinajstić information content (AvgIpc) is 3.31. The highest BCUT2D eigenvalue weighted by Crippen LogP contribution is 2.45. The van der Waals surface area contributed by atoms with Crippen molar-refractivity contribution in [3.63, 3.8) is 0 Å². The minimum atomic E-state index is -0.164. The molecule has 1 aromatic carbocycles. The number of rotatable bonds is 3. The van der Waals surface area contributed by atoms with Crippen molar-refractivity contribution >= 4 is 23.4 Å². The monoisotopic (exact) mass is 390 g/mol. The van der Waals surface area contributed by atoms with E-state index in [1.54, 1.807) is 24.3 Å². The fraction of sp³-hybridized carbons (Fsp3) is 0.619. The van der Waals surface area contributed by atoms with Gasteiger partial charge in [0.05, 0.1) is 5.92 Å². The molecule has 1 saturated carbocycles. The molecule has 0 radical (unpaired) electrons. The summed E-state index contributed by atoms with van der Waals surface area (Å²) in [5.74, 6) is -0.0536. The van der Waals surface area contributed by atoms with Crippen LogP contribution in [0.1, 0.15) is 48.9 Å². The molecule has 2 amide bonds. The van der Waals surface area contributed by atoms with Gasteiger partial charge in [-0.2, -0.15) is 0 Å². The van der Waals surface area contributed by atoms with Crippen molar-refractivity contribution in [2.75, 3.05) is 26.3 Å². The van der Waals surface area contributed by atoms with Gasteiger partial charge in [0.1, 0.15) is 0 Å². The maximum Gasteiger partial charge on any atom is 0.253 e. The van der Waals surface area contributed by atoms with E-state index in [1.807, 2.05) is 4.90 Å². The van der Waals surface area contributed by atoms with Gasteiger partial charge in [0.15, 0.2) is 0 Å². The summed E-state index contributed by atoms with van der Waals surface area (Å²) >= 11 is 5.95. The molecule has 3 fully saturated rings. The third kappa shape index (κ3) is 3.85. The second kappa shape index (κ2) is 7.80. The highest BCUT2D eigenvalue weighted by atomic mass is 35.5. The van der Waals surface area contributed by atoms with Crippen LogP contribution in [0.4, 0.5) is 0 Å². The summed E-state index contributed by atoms with van der Waals surface area (Å²) in [6, 6.07) is 7.29. The first kappa shape index (κ1) is 18.8. The highest BCUT2D eigenvalue weighted by molar-refractivity contribution is 6.30. The molecular weight excluding hydrogens is 364 g/mol. The van der Waals surface area contributed by atoms with Crippen molar-refractivity contribution in [1.29, 1.82) is 0 Å². The van der Waals surface area contributed by atoms with Gasteiger partial charge in [0, 0.05) is 48.3 Å². The molecule has 0 aromatic heterocycles. The number of ether oxygens (including phenoxy) is 1. The molecular formula is C21H27ClN2O3. The molecule has 2 heterocycles. The standard InChI is InChI=1S/C21H27ClN2O3/c22-16-7-5-15(6-8-16)20(26)24-13-18(19(25)23-17-3-1-2-4-17)21(14-24)9-11-27-12-10-21/h5-8,17-18H,1-4,9-14H2,(H,23,25). The first-order chi connectivity index (χ1) is 13.1. The van der Waals surface area contributed by atoms with E-state index in [-0.39, 0.29) is 23.1 Å². The van der Waals surface area contributed by atoms with Crippen LogP contribution >= 0.6 is 11.6 Å². The fourth-order valence-corrected chi connectivity index (χ4v) is 5.04. The van der Waals surface area contributed by atoms with Crippen LogP contribution in [0, 0.1) is 11.3 Å². The number of nitrogens with one attached hydrogen (secondary N) is 1. The zero-order valence-corrected chi connectivity index (χ0v) is 16.3. The molecule has 4 rings (SSSR count).